The van der Waals surface area contributed by atoms with Gasteiger partial charge in [0, 0.05) is 13.1 Å². The molecule has 2 N–H and O–H groups in total. The minimum absolute atomic E-state index is 0.0405. The molecule has 2 heterocycles. The third-order valence-corrected chi connectivity index (χ3v) is 5.56. The van der Waals surface area contributed by atoms with Gasteiger partial charge in [0.1, 0.15) is 0 Å². The molecule has 2 rings (SSSR count). The Morgan fingerprint density at radius 3 is 2.81 bits per heavy atom. The van der Waals surface area contributed by atoms with Crippen molar-refractivity contribution in [2.45, 2.75) is 35.7 Å². The van der Waals surface area contributed by atoms with Crippen LogP contribution in [0.3, 0.4) is 0 Å². The summed E-state index contributed by atoms with van der Waals surface area (Å²) in [6.07, 6.45) is 4.58. The first-order valence-electron chi connectivity index (χ1n) is 8.25. The summed E-state index contributed by atoms with van der Waals surface area (Å²) in [6, 6.07) is 0.0405. The fourth-order valence-corrected chi connectivity index (χ4v) is 4.64. The van der Waals surface area contributed by atoms with Gasteiger partial charge in [-0.25, -0.2) is 0 Å². The van der Waals surface area contributed by atoms with E-state index in [1.54, 1.807) is 0 Å². The van der Waals surface area contributed by atoms with Gasteiger partial charge >= 0.3 is 113 Å². The minimum atomic E-state index is 0.0405. The second-order valence-corrected chi connectivity index (χ2v) is 7.99. The van der Waals surface area contributed by atoms with Gasteiger partial charge in [0.25, 0.3) is 0 Å². The van der Waals surface area contributed by atoms with Crippen LogP contribution in [0.1, 0.15) is 25.7 Å². The van der Waals surface area contributed by atoms with E-state index in [-0.39, 0.29) is 11.9 Å². The van der Waals surface area contributed by atoms with Crippen LogP contribution in [0.4, 0.5) is 0 Å². The molecule has 2 aliphatic rings. The molecule has 0 aromatic carbocycles. The van der Waals surface area contributed by atoms with Gasteiger partial charge in [-0.2, -0.15) is 0 Å². The molecule has 119 valence electrons. The number of nitrogens with one attached hydrogen (secondary N) is 2. The second-order valence-electron chi connectivity index (χ2n) is 6.04. The van der Waals surface area contributed by atoms with Crippen molar-refractivity contribution in [2.75, 3.05) is 45.9 Å². The van der Waals surface area contributed by atoms with E-state index in [0.717, 1.165) is 64.7 Å². The molecule has 6 heteroatoms. The number of rotatable bonds is 7. The van der Waals surface area contributed by atoms with Crippen molar-refractivity contribution in [1.82, 2.24) is 15.5 Å². The van der Waals surface area contributed by atoms with E-state index in [1.807, 2.05) is 0 Å². The van der Waals surface area contributed by atoms with Gasteiger partial charge in [0.15, 0.2) is 0 Å². The number of carbonyl (C=O) groups is 1. The predicted molar refractivity (Wildman–Crippen MR) is 84.6 cm³/mol. The average molecular weight is 490 g/mol. The van der Waals surface area contributed by atoms with Crippen LogP contribution in [0, 0.1) is 5.92 Å². The SMILES string of the molecule is O=C(NCCCN1CCOCC1)C1CCC(C[CH2][Pb])CN1. The molecule has 2 fully saturated rings. The number of ether oxygens (including phenoxy) is 1. The summed E-state index contributed by atoms with van der Waals surface area (Å²) in [5, 5.41) is 6.51. The molecule has 0 aromatic rings. The van der Waals surface area contributed by atoms with E-state index in [9.17, 15) is 4.79 Å². The van der Waals surface area contributed by atoms with Gasteiger partial charge in [-0.05, 0) is 0 Å². The third-order valence-electron chi connectivity index (χ3n) is 4.44. The normalized spacial score (nSPS) is 27.5. The number of nitrogens with zero attached hydrogens (tertiary/aromatic N) is 1. The van der Waals surface area contributed by atoms with Crippen LogP contribution in [0.2, 0.25) is 3.98 Å². The van der Waals surface area contributed by atoms with E-state index in [0.29, 0.717) is 0 Å². The summed E-state index contributed by atoms with van der Waals surface area (Å²) < 4.78 is 6.71. The zero-order valence-corrected chi connectivity index (χ0v) is 16.8. The molecular formula is C15H28N3O2Pb. The molecule has 2 unspecified atom stereocenters. The summed E-state index contributed by atoms with van der Waals surface area (Å²) in [4.78, 5) is 14.5. The van der Waals surface area contributed by atoms with Crippen LogP contribution in [0.15, 0.2) is 0 Å². The van der Waals surface area contributed by atoms with Crippen LogP contribution in [0.25, 0.3) is 0 Å². The van der Waals surface area contributed by atoms with E-state index in [2.05, 4.69) is 15.5 Å². The van der Waals surface area contributed by atoms with Crippen molar-refractivity contribution in [3.63, 3.8) is 0 Å². The standard InChI is InChI=1S/C15H28N3O2.Pb/c1-2-13-4-5-14(17-12-13)15(19)16-6-3-7-18-8-10-20-11-9-18;/h13-14,17H,1-12H2,(H,16,19);. The molecule has 0 aromatic heterocycles. The zero-order chi connectivity index (χ0) is 14.9. The third kappa shape index (κ3) is 6.50. The monoisotopic (exact) mass is 490 g/mol. The van der Waals surface area contributed by atoms with Crippen LogP contribution in [0.5, 0.6) is 0 Å². The predicted octanol–water partition coefficient (Wildman–Crippen LogP) is 0.170. The van der Waals surface area contributed by atoms with Crippen LogP contribution in [-0.2, 0) is 9.53 Å². The molecule has 0 aliphatic carbocycles. The molecule has 0 spiro atoms. The molecule has 0 saturated carbocycles. The number of carbonyl (C=O) groups excluding carboxylic acids is 1. The van der Waals surface area contributed by atoms with Crippen LogP contribution < -0.4 is 10.6 Å². The Morgan fingerprint density at radius 2 is 2.14 bits per heavy atom. The van der Waals surface area contributed by atoms with E-state index in [4.69, 9.17) is 4.74 Å². The Labute approximate surface area is 144 Å². The second kappa shape index (κ2) is 10.1. The summed E-state index contributed by atoms with van der Waals surface area (Å²) in [6.45, 7) is 6.62. The number of piperidine rings is 1. The van der Waals surface area contributed by atoms with Gasteiger partial charge in [-0.3, -0.25) is 0 Å². The molecule has 2 aliphatic heterocycles. The Balaban J connectivity index is 1.53. The van der Waals surface area contributed by atoms with Crippen molar-refractivity contribution in [1.29, 1.82) is 0 Å². The fourth-order valence-electron chi connectivity index (χ4n) is 3.05. The van der Waals surface area contributed by atoms with Crippen molar-refractivity contribution in [3.8, 4) is 0 Å². The fraction of sp³-hybridized carbons (Fsp3) is 0.933. The van der Waals surface area contributed by atoms with E-state index >= 15 is 0 Å². The Hall–Kier alpha value is 0.272. The first-order chi connectivity index (χ1) is 10.3. The molecular weight excluding hydrogens is 461 g/mol. The molecule has 3 radical (unpaired) electrons. The molecule has 5 nitrogen and oxygen atoms in total. The number of hydrogen-bond donors (Lipinski definition) is 2. The zero-order valence-electron chi connectivity index (χ0n) is 12.9. The quantitative estimate of drug-likeness (QED) is 0.396. The van der Waals surface area contributed by atoms with Gasteiger partial charge in [-0.15, -0.1) is 0 Å². The Morgan fingerprint density at radius 1 is 1.33 bits per heavy atom. The van der Waals surface area contributed by atoms with E-state index in [1.165, 1.54) is 42.6 Å². The Bertz CT molecular complexity index is 303. The van der Waals surface area contributed by atoms with Crippen LogP contribution >= 0.6 is 0 Å². The summed E-state index contributed by atoms with van der Waals surface area (Å²) in [5.74, 6) is 0.995. The van der Waals surface area contributed by atoms with Gasteiger partial charge in [0.05, 0.1) is 13.2 Å². The van der Waals surface area contributed by atoms with Crippen molar-refractivity contribution in [2.24, 2.45) is 5.92 Å². The molecule has 1 amide bonds. The van der Waals surface area contributed by atoms with Gasteiger partial charge < -0.3 is 4.74 Å². The van der Waals surface area contributed by atoms with Crippen molar-refractivity contribution >= 4 is 31.7 Å². The average Bonchev–Trinajstić information content (AvgIpc) is 2.53. The maximum absolute atomic E-state index is 12.1. The van der Waals surface area contributed by atoms with Gasteiger partial charge in [-0.1, -0.05) is 0 Å². The number of amides is 1. The Kier molecular flexibility index (Phi) is 8.50. The van der Waals surface area contributed by atoms with Crippen molar-refractivity contribution in [3.05, 3.63) is 0 Å². The topological polar surface area (TPSA) is 53.6 Å². The number of morpholine rings is 1. The molecule has 2 saturated heterocycles. The summed E-state index contributed by atoms with van der Waals surface area (Å²) >= 11 is 1.30. The molecule has 0 bridgehead atoms. The summed E-state index contributed by atoms with van der Waals surface area (Å²) in [7, 11) is 0. The van der Waals surface area contributed by atoms with Crippen molar-refractivity contribution < 1.29 is 9.53 Å². The summed E-state index contributed by atoms with van der Waals surface area (Å²) in [5.41, 5.74) is 0. The molecule has 2 atom stereocenters. The van der Waals surface area contributed by atoms with E-state index < -0.39 is 0 Å². The number of hydrogen-bond acceptors (Lipinski definition) is 4. The molecule has 21 heavy (non-hydrogen) atoms. The van der Waals surface area contributed by atoms with Crippen LogP contribution in [-0.4, -0.2) is 88.6 Å². The maximum atomic E-state index is 12.1. The first-order valence-corrected chi connectivity index (χ1v) is 11.0. The first kappa shape index (κ1) is 17.6. The van der Waals surface area contributed by atoms with Gasteiger partial charge in [0.2, 0.25) is 0 Å².